The van der Waals surface area contributed by atoms with E-state index in [1.165, 1.54) is 4.31 Å². The van der Waals surface area contributed by atoms with Crippen molar-refractivity contribution in [2.45, 2.75) is 37.0 Å². The Balaban J connectivity index is 1.65. The highest BCUT2D eigenvalue weighted by Crippen LogP contribution is 2.23. The molecule has 3 rings (SSSR count). The molecule has 1 N–H and O–H groups in total. The van der Waals surface area contributed by atoms with Gasteiger partial charge in [0.05, 0.1) is 4.90 Å². The first-order chi connectivity index (χ1) is 12.1. The van der Waals surface area contributed by atoms with Crippen LogP contribution in [0.5, 0.6) is 0 Å². The Morgan fingerprint density at radius 1 is 1.12 bits per heavy atom. The van der Waals surface area contributed by atoms with Crippen molar-refractivity contribution >= 4 is 33.0 Å². The first kappa shape index (κ1) is 18.1. The molecule has 1 aromatic carbocycles. The Labute approximate surface area is 152 Å². The van der Waals surface area contributed by atoms with E-state index < -0.39 is 10.0 Å². The number of hydrogen-bond acceptors (Lipinski definition) is 4. The Hall–Kier alpha value is -1.70. The minimum Gasteiger partial charge on any atom is -0.326 e. The van der Waals surface area contributed by atoms with Crippen LogP contribution in [-0.4, -0.2) is 31.7 Å². The maximum absolute atomic E-state index is 12.7. The van der Waals surface area contributed by atoms with Crippen LogP contribution in [0.4, 0.5) is 5.69 Å². The van der Waals surface area contributed by atoms with E-state index >= 15 is 0 Å². The van der Waals surface area contributed by atoms with Crippen LogP contribution in [0.15, 0.2) is 46.7 Å². The second-order valence-corrected chi connectivity index (χ2v) is 9.09. The zero-order valence-electron chi connectivity index (χ0n) is 14.0. The standard InChI is InChI=1S/C18H22N2O3S2/c21-18(10-9-16-7-5-13-24-16)19-15-6-4-8-17(14-15)25(22,23)20-11-2-1-3-12-20/h4-8,13-14H,1-3,9-12H2,(H,19,21). The first-order valence-corrected chi connectivity index (χ1v) is 10.8. The van der Waals surface area contributed by atoms with Gasteiger partial charge in [0.1, 0.15) is 0 Å². The number of anilines is 1. The number of sulfonamides is 1. The third kappa shape index (κ3) is 4.68. The molecule has 0 bridgehead atoms. The second-order valence-electron chi connectivity index (χ2n) is 6.12. The van der Waals surface area contributed by atoms with Crippen LogP contribution >= 0.6 is 11.3 Å². The SMILES string of the molecule is O=C(CCc1cccs1)Nc1cccc(S(=O)(=O)N2CCCCC2)c1. The molecular formula is C18H22N2O3S2. The molecule has 7 heteroatoms. The monoisotopic (exact) mass is 378 g/mol. The van der Waals surface area contributed by atoms with Crippen LogP contribution in [0.1, 0.15) is 30.6 Å². The topological polar surface area (TPSA) is 66.5 Å². The minimum absolute atomic E-state index is 0.110. The van der Waals surface area contributed by atoms with Crippen LogP contribution < -0.4 is 5.32 Å². The van der Waals surface area contributed by atoms with Gasteiger partial charge in [0, 0.05) is 30.1 Å². The van der Waals surface area contributed by atoms with Crippen LogP contribution in [0.25, 0.3) is 0 Å². The highest BCUT2D eigenvalue weighted by Gasteiger charge is 2.26. The zero-order chi connectivity index (χ0) is 17.7. The quantitative estimate of drug-likeness (QED) is 0.837. The average Bonchev–Trinajstić information content (AvgIpc) is 3.14. The number of rotatable bonds is 6. The molecule has 1 aliphatic rings. The van der Waals surface area contributed by atoms with Crippen LogP contribution in [0.3, 0.4) is 0 Å². The summed E-state index contributed by atoms with van der Waals surface area (Å²) in [5.41, 5.74) is 0.522. The van der Waals surface area contributed by atoms with Crippen molar-refractivity contribution in [2.24, 2.45) is 0 Å². The molecule has 0 atom stereocenters. The molecule has 2 aromatic rings. The van der Waals surface area contributed by atoms with Gasteiger partial charge < -0.3 is 5.32 Å². The molecular weight excluding hydrogens is 356 g/mol. The second kappa shape index (κ2) is 8.12. The molecule has 1 saturated heterocycles. The number of benzene rings is 1. The van der Waals surface area contributed by atoms with Gasteiger partial charge in [0.2, 0.25) is 15.9 Å². The predicted octanol–water partition coefficient (Wildman–Crippen LogP) is 3.49. The van der Waals surface area contributed by atoms with Gasteiger partial charge in [-0.05, 0) is 48.9 Å². The fourth-order valence-electron chi connectivity index (χ4n) is 2.90. The Morgan fingerprint density at radius 3 is 2.64 bits per heavy atom. The average molecular weight is 379 g/mol. The zero-order valence-corrected chi connectivity index (χ0v) is 15.6. The van der Waals surface area contributed by atoms with Crippen molar-refractivity contribution in [3.05, 3.63) is 46.7 Å². The summed E-state index contributed by atoms with van der Waals surface area (Å²) in [5.74, 6) is -0.110. The van der Waals surface area contributed by atoms with Crippen LogP contribution in [0, 0.1) is 0 Å². The molecule has 0 saturated carbocycles. The van der Waals surface area contributed by atoms with Gasteiger partial charge >= 0.3 is 0 Å². The molecule has 0 radical (unpaired) electrons. The maximum atomic E-state index is 12.7. The van der Waals surface area contributed by atoms with E-state index in [0.29, 0.717) is 31.6 Å². The highest BCUT2D eigenvalue weighted by atomic mass is 32.2. The molecule has 1 amide bonds. The van der Waals surface area contributed by atoms with E-state index in [0.717, 1.165) is 24.1 Å². The molecule has 0 spiro atoms. The first-order valence-electron chi connectivity index (χ1n) is 8.48. The molecule has 1 aliphatic heterocycles. The lowest BCUT2D eigenvalue weighted by Gasteiger charge is -2.26. The largest absolute Gasteiger partial charge is 0.326 e. The van der Waals surface area contributed by atoms with E-state index in [-0.39, 0.29) is 10.8 Å². The number of nitrogens with one attached hydrogen (secondary N) is 1. The molecule has 0 aliphatic carbocycles. The van der Waals surface area contributed by atoms with Crippen molar-refractivity contribution in [3.8, 4) is 0 Å². The number of carbonyl (C=O) groups excluding carboxylic acids is 1. The lowest BCUT2D eigenvalue weighted by Crippen LogP contribution is -2.35. The lowest BCUT2D eigenvalue weighted by atomic mass is 10.2. The summed E-state index contributed by atoms with van der Waals surface area (Å²) >= 11 is 1.63. The number of carbonyl (C=O) groups is 1. The number of thiophene rings is 1. The highest BCUT2D eigenvalue weighted by molar-refractivity contribution is 7.89. The van der Waals surface area contributed by atoms with Crippen molar-refractivity contribution in [2.75, 3.05) is 18.4 Å². The molecule has 134 valence electrons. The molecule has 1 aromatic heterocycles. The summed E-state index contributed by atoms with van der Waals surface area (Å²) < 4.78 is 27.0. The van der Waals surface area contributed by atoms with Gasteiger partial charge in [0.25, 0.3) is 0 Å². The van der Waals surface area contributed by atoms with Crippen LogP contribution in [-0.2, 0) is 21.2 Å². The van der Waals surface area contributed by atoms with Crippen molar-refractivity contribution in [3.63, 3.8) is 0 Å². The fraction of sp³-hybridized carbons (Fsp3) is 0.389. The number of amides is 1. The van der Waals surface area contributed by atoms with E-state index in [2.05, 4.69) is 5.32 Å². The van der Waals surface area contributed by atoms with Crippen molar-refractivity contribution in [1.29, 1.82) is 0 Å². The molecule has 25 heavy (non-hydrogen) atoms. The third-order valence-corrected chi connectivity index (χ3v) is 7.08. The number of hydrogen-bond donors (Lipinski definition) is 1. The van der Waals surface area contributed by atoms with Crippen molar-refractivity contribution in [1.82, 2.24) is 4.31 Å². The van der Waals surface area contributed by atoms with Crippen LogP contribution in [0.2, 0.25) is 0 Å². The summed E-state index contributed by atoms with van der Waals surface area (Å²) in [6, 6.07) is 10.5. The molecule has 5 nitrogen and oxygen atoms in total. The van der Waals surface area contributed by atoms with E-state index in [4.69, 9.17) is 0 Å². The number of aryl methyl sites for hydroxylation is 1. The minimum atomic E-state index is -3.48. The maximum Gasteiger partial charge on any atom is 0.243 e. The Morgan fingerprint density at radius 2 is 1.92 bits per heavy atom. The molecule has 2 heterocycles. The third-order valence-electron chi connectivity index (χ3n) is 4.25. The van der Waals surface area contributed by atoms with E-state index in [9.17, 15) is 13.2 Å². The summed E-state index contributed by atoms with van der Waals surface area (Å²) in [6.07, 6.45) is 3.95. The Kier molecular flexibility index (Phi) is 5.88. The summed E-state index contributed by atoms with van der Waals surface area (Å²) in [7, 11) is -3.48. The van der Waals surface area contributed by atoms with E-state index in [1.807, 2.05) is 17.5 Å². The molecule has 0 unspecified atom stereocenters. The van der Waals surface area contributed by atoms with E-state index in [1.54, 1.807) is 35.6 Å². The van der Waals surface area contributed by atoms with Crippen molar-refractivity contribution < 1.29 is 13.2 Å². The lowest BCUT2D eigenvalue weighted by molar-refractivity contribution is -0.116. The normalized spacial score (nSPS) is 15.8. The summed E-state index contributed by atoms with van der Waals surface area (Å²) in [4.78, 5) is 13.5. The molecule has 1 fully saturated rings. The summed E-state index contributed by atoms with van der Waals surface area (Å²) in [5, 5.41) is 4.79. The van der Waals surface area contributed by atoms with Gasteiger partial charge in [-0.2, -0.15) is 4.31 Å². The van der Waals surface area contributed by atoms with Gasteiger partial charge in [-0.15, -0.1) is 11.3 Å². The Bertz CT molecular complexity index is 811. The summed E-state index contributed by atoms with van der Waals surface area (Å²) in [6.45, 7) is 1.14. The number of piperidine rings is 1. The predicted molar refractivity (Wildman–Crippen MR) is 100 cm³/mol. The number of nitrogens with zero attached hydrogens (tertiary/aromatic N) is 1. The van der Waals surface area contributed by atoms with Gasteiger partial charge in [0.15, 0.2) is 0 Å². The smallest absolute Gasteiger partial charge is 0.243 e. The fourth-order valence-corrected chi connectivity index (χ4v) is 5.18. The van der Waals surface area contributed by atoms with Gasteiger partial charge in [-0.25, -0.2) is 8.42 Å². The van der Waals surface area contributed by atoms with Gasteiger partial charge in [-0.1, -0.05) is 18.6 Å². The van der Waals surface area contributed by atoms with Gasteiger partial charge in [-0.3, -0.25) is 4.79 Å².